The van der Waals surface area contributed by atoms with Gasteiger partial charge in [0, 0.05) is 18.7 Å². The Morgan fingerprint density at radius 2 is 2.29 bits per heavy atom. The van der Waals surface area contributed by atoms with E-state index in [9.17, 15) is 4.79 Å². The quantitative estimate of drug-likeness (QED) is 0.863. The molecule has 0 aliphatic carbocycles. The van der Waals surface area contributed by atoms with Gasteiger partial charge in [-0.2, -0.15) is 0 Å². The van der Waals surface area contributed by atoms with E-state index in [1.54, 1.807) is 14.0 Å². The lowest BCUT2D eigenvalue weighted by molar-refractivity contribution is -0.143. The Balaban J connectivity index is 2.25. The number of nitrogens with zero attached hydrogens (tertiary/aromatic N) is 1. The Kier molecular flexibility index (Phi) is 3.33. The number of ether oxygens (including phenoxy) is 1. The predicted molar refractivity (Wildman–Crippen MR) is 64.2 cm³/mol. The fraction of sp³-hybridized carbons (Fsp3) is 0.462. The third-order valence-electron chi connectivity index (χ3n) is 3.38. The molecule has 0 radical (unpaired) electrons. The van der Waals surface area contributed by atoms with Crippen LogP contribution in [0.3, 0.4) is 0 Å². The number of carboxylic acids is 1. The van der Waals surface area contributed by atoms with Crippen molar-refractivity contribution in [1.29, 1.82) is 0 Å². The second kappa shape index (κ2) is 4.75. The minimum absolute atomic E-state index is 0.451. The molecule has 0 amide bonds. The van der Waals surface area contributed by atoms with E-state index in [2.05, 4.69) is 6.07 Å². The van der Waals surface area contributed by atoms with Gasteiger partial charge in [-0.05, 0) is 25.0 Å². The summed E-state index contributed by atoms with van der Waals surface area (Å²) >= 11 is 0. The highest BCUT2D eigenvalue weighted by Gasteiger charge is 2.26. The van der Waals surface area contributed by atoms with Gasteiger partial charge in [-0.15, -0.1) is 0 Å². The Bertz CT molecular complexity index is 416. The summed E-state index contributed by atoms with van der Waals surface area (Å²) in [7, 11) is 1.65. The third kappa shape index (κ3) is 2.26. The van der Waals surface area contributed by atoms with Crippen LogP contribution in [0.25, 0.3) is 0 Å². The highest BCUT2D eigenvalue weighted by molar-refractivity contribution is 5.73. The molecule has 1 aliphatic rings. The highest BCUT2D eigenvalue weighted by atomic mass is 16.5. The minimum atomic E-state index is -0.775. The van der Waals surface area contributed by atoms with Crippen LogP contribution in [0.1, 0.15) is 18.1 Å². The molecule has 2 rings (SSSR count). The van der Waals surface area contributed by atoms with Crippen LogP contribution in [0.4, 0.5) is 0 Å². The number of methoxy groups -OCH3 is 1. The molecule has 1 aromatic carbocycles. The van der Waals surface area contributed by atoms with Gasteiger partial charge in [0.2, 0.25) is 0 Å². The fourth-order valence-corrected chi connectivity index (χ4v) is 2.25. The molecule has 17 heavy (non-hydrogen) atoms. The van der Waals surface area contributed by atoms with E-state index in [0.29, 0.717) is 6.54 Å². The molecule has 1 atom stereocenters. The van der Waals surface area contributed by atoms with Crippen molar-refractivity contribution in [3.8, 4) is 5.75 Å². The molecule has 0 fully saturated rings. The molecule has 0 bridgehead atoms. The Morgan fingerprint density at radius 1 is 1.53 bits per heavy atom. The number of rotatable bonds is 3. The summed E-state index contributed by atoms with van der Waals surface area (Å²) in [6, 6.07) is 5.54. The van der Waals surface area contributed by atoms with Gasteiger partial charge in [0.1, 0.15) is 11.8 Å². The SMILES string of the molecule is COc1cccc2c1CN(C(C)C(=O)O)CC2. The minimum Gasteiger partial charge on any atom is -0.496 e. The number of aliphatic carboxylic acids is 1. The molecule has 0 saturated carbocycles. The maximum absolute atomic E-state index is 11.0. The Morgan fingerprint density at radius 3 is 2.94 bits per heavy atom. The summed E-state index contributed by atoms with van der Waals surface area (Å²) in [6.45, 7) is 3.16. The van der Waals surface area contributed by atoms with Gasteiger partial charge in [-0.3, -0.25) is 9.69 Å². The van der Waals surface area contributed by atoms with Crippen LogP contribution in [0.5, 0.6) is 5.75 Å². The van der Waals surface area contributed by atoms with Gasteiger partial charge in [-0.1, -0.05) is 12.1 Å². The normalized spacial score (nSPS) is 17.3. The monoisotopic (exact) mass is 235 g/mol. The summed E-state index contributed by atoms with van der Waals surface area (Å²) in [5.74, 6) is 0.0770. The first-order valence-electron chi connectivity index (χ1n) is 5.75. The van der Waals surface area contributed by atoms with E-state index in [0.717, 1.165) is 24.3 Å². The number of hydrogen-bond acceptors (Lipinski definition) is 3. The molecule has 1 aliphatic heterocycles. The summed E-state index contributed by atoms with van der Waals surface area (Å²) in [4.78, 5) is 13.0. The summed E-state index contributed by atoms with van der Waals surface area (Å²) < 4.78 is 5.33. The van der Waals surface area contributed by atoms with Gasteiger partial charge in [0.05, 0.1) is 7.11 Å². The van der Waals surface area contributed by atoms with Gasteiger partial charge in [-0.25, -0.2) is 0 Å². The molecule has 1 unspecified atom stereocenters. The standard InChI is InChI=1S/C13H17NO3/c1-9(13(15)16)14-7-6-10-4-3-5-12(17-2)11(10)8-14/h3-5,9H,6-8H2,1-2H3,(H,15,16). The van der Waals surface area contributed by atoms with Crippen molar-refractivity contribution in [2.45, 2.75) is 25.9 Å². The van der Waals surface area contributed by atoms with Gasteiger partial charge in [0.15, 0.2) is 0 Å². The Hall–Kier alpha value is -1.55. The van der Waals surface area contributed by atoms with E-state index in [1.165, 1.54) is 5.56 Å². The molecule has 0 spiro atoms. The van der Waals surface area contributed by atoms with Crippen molar-refractivity contribution in [1.82, 2.24) is 4.90 Å². The lowest BCUT2D eigenvalue weighted by Gasteiger charge is -2.32. The summed E-state index contributed by atoms with van der Waals surface area (Å²) in [5.41, 5.74) is 2.38. The van der Waals surface area contributed by atoms with Crippen molar-refractivity contribution in [2.75, 3.05) is 13.7 Å². The van der Waals surface area contributed by atoms with E-state index in [4.69, 9.17) is 9.84 Å². The number of carbonyl (C=O) groups is 1. The molecule has 4 nitrogen and oxygen atoms in total. The molecule has 0 saturated heterocycles. The molecular weight excluding hydrogens is 218 g/mol. The number of carboxylic acid groups (broad SMARTS) is 1. The second-order valence-electron chi connectivity index (χ2n) is 4.33. The number of benzene rings is 1. The highest BCUT2D eigenvalue weighted by Crippen LogP contribution is 2.28. The van der Waals surface area contributed by atoms with Crippen LogP contribution in [0.15, 0.2) is 18.2 Å². The first kappa shape index (κ1) is 11.9. The van der Waals surface area contributed by atoms with Crippen LogP contribution in [0, 0.1) is 0 Å². The van der Waals surface area contributed by atoms with Crippen molar-refractivity contribution in [2.24, 2.45) is 0 Å². The molecule has 4 heteroatoms. The first-order valence-corrected chi connectivity index (χ1v) is 5.75. The van der Waals surface area contributed by atoms with Crippen molar-refractivity contribution in [3.05, 3.63) is 29.3 Å². The first-order chi connectivity index (χ1) is 8.13. The zero-order valence-electron chi connectivity index (χ0n) is 10.1. The summed E-state index contributed by atoms with van der Waals surface area (Å²) in [6.07, 6.45) is 0.879. The molecular formula is C13H17NO3. The number of fused-ring (bicyclic) bond motifs is 1. The van der Waals surface area contributed by atoms with Crippen LogP contribution < -0.4 is 4.74 Å². The van der Waals surface area contributed by atoms with Crippen molar-refractivity contribution < 1.29 is 14.6 Å². The number of hydrogen-bond donors (Lipinski definition) is 1. The largest absolute Gasteiger partial charge is 0.496 e. The van der Waals surface area contributed by atoms with Crippen LogP contribution >= 0.6 is 0 Å². The van der Waals surface area contributed by atoms with E-state index in [1.807, 2.05) is 17.0 Å². The molecule has 92 valence electrons. The zero-order chi connectivity index (χ0) is 12.4. The van der Waals surface area contributed by atoms with E-state index >= 15 is 0 Å². The van der Waals surface area contributed by atoms with Crippen LogP contribution in [-0.4, -0.2) is 35.7 Å². The summed E-state index contributed by atoms with van der Waals surface area (Å²) in [5, 5.41) is 9.04. The van der Waals surface area contributed by atoms with Crippen LogP contribution in [-0.2, 0) is 17.8 Å². The molecule has 1 aromatic rings. The molecule has 0 aromatic heterocycles. The fourth-order valence-electron chi connectivity index (χ4n) is 2.25. The van der Waals surface area contributed by atoms with Crippen molar-refractivity contribution in [3.63, 3.8) is 0 Å². The maximum atomic E-state index is 11.0. The smallest absolute Gasteiger partial charge is 0.320 e. The Labute approximate surface area is 101 Å². The lowest BCUT2D eigenvalue weighted by atomic mass is 9.98. The molecule has 1 heterocycles. The van der Waals surface area contributed by atoms with Gasteiger partial charge >= 0.3 is 5.97 Å². The average molecular weight is 235 g/mol. The van der Waals surface area contributed by atoms with Crippen LogP contribution in [0.2, 0.25) is 0 Å². The molecule has 1 N–H and O–H groups in total. The van der Waals surface area contributed by atoms with E-state index < -0.39 is 12.0 Å². The maximum Gasteiger partial charge on any atom is 0.320 e. The predicted octanol–water partition coefficient (Wildman–Crippen LogP) is 1.53. The topological polar surface area (TPSA) is 49.8 Å². The third-order valence-corrected chi connectivity index (χ3v) is 3.38. The second-order valence-corrected chi connectivity index (χ2v) is 4.33. The average Bonchev–Trinajstić information content (AvgIpc) is 2.36. The van der Waals surface area contributed by atoms with Gasteiger partial charge in [0.25, 0.3) is 0 Å². The zero-order valence-corrected chi connectivity index (χ0v) is 10.1. The van der Waals surface area contributed by atoms with E-state index in [-0.39, 0.29) is 0 Å². The lowest BCUT2D eigenvalue weighted by Crippen LogP contribution is -2.42. The van der Waals surface area contributed by atoms with Gasteiger partial charge < -0.3 is 9.84 Å². The van der Waals surface area contributed by atoms with Crippen molar-refractivity contribution >= 4 is 5.97 Å².